The van der Waals surface area contributed by atoms with E-state index in [1.165, 1.54) is 19.1 Å². The zero-order valence-electron chi connectivity index (χ0n) is 24.9. The highest BCUT2D eigenvalue weighted by atomic mass is 16.6. The van der Waals surface area contributed by atoms with Crippen molar-refractivity contribution in [1.82, 2.24) is 0 Å². The summed E-state index contributed by atoms with van der Waals surface area (Å²) >= 11 is 0. The highest BCUT2D eigenvalue weighted by molar-refractivity contribution is 5.88. The fourth-order valence-corrected chi connectivity index (χ4v) is 7.47. The van der Waals surface area contributed by atoms with Crippen molar-refractivity contribution < 1.29 is 33.3 Å². The predicted molar refractivity (Wildman–Crippen MR) is 159 cm³/mol. The van der Waals surface area contributed by atoms with E-state index in [4.69, 9.17) is 18.9 Å². The quantitative estimate of drug-likeness (QED) is 0.223. The summed E-state index contributed by atoms with van der Waals surface area (Å²) in [6, 6.07) is 19.0. The monoisotopic (exact) mass is 572 g/mol. The van der Waals surface area contributed by atoms with Gasteiger partial charge in [0.2, 0.25) is 0 Å². The van der Waals surface area contributed by atoms with Crippen LogP contribution in [0, 0.1) is 17.3 Å². The zero-order valence-corrected chi connectivity index (χ0v) is 24.9. The number of carbonyl (C=O) groups is 3. The molecule has 3 aliphatic rings. The van der Waals surface area contributed by atoms with E-state index in [9.17, 15) is 14.4 Å². The molecule has 1 heterocycles. The molecule has 2 bridgehead atoms. The zero-order chi connectivity index (χ0) is 30.1. The van der Waals surface area contributed by atoms with Gasteiger partial charge in [0.25, 0.3) is 0 Å². The molecule has 0 unspecified atom stereocenters. The van der Waals surface area contributed by atoms with E-state index in [-0.39, 0.29) is 11.8 Å². The number of ether oxygens (including phenoxy) is 4. The second kappa shape index (κ2) is 11.5. The molecule has 1 spiro atoms. The predicted octanol–water partition coefficient (Wildman–Crippen LogP) is 6.17. The van der Waals surface area contributed by atoms with Gasteiger partial charge in [0.1, 0.15) is 12.2 Å². The van der Waals surface area contributed by atoms with Gasteiger partial charge in [-0.2, -0.15) is 0 Å². The minimum absolute atomic E-state index is 0.0733. The molecule has 0 aromatic heterocycles. The lowest BCUT2D eigenvalue weighted by Gasteiger charge is -2.61. The normalized spacial score (nSPS) is 33.2. The van der Waals surface area contributed by atoms with E-state index < -0.39 is 52.8 Å². The smallest absolute Gasteiger partial charge is 0.331 e. The highest BCUT2D eigenvalue weighted by Gasteiger charge is 2.75. The molecule has 0 N–H and O–H groups in total. The summed E-state index contributed by atoms with van der Waals surface area (Å²) in [7, 11) is 0. The van der Waals surface area contributed by atoms with E-state index in [1.807, 2.05) is 67.6 Å². The Hall–Kier alpha value is -3.71. The van der Waals surface area contributed by atoms with Gasteiger partial charge in [-0.1, -0.05) is 67.6 Å². The number of hydrogen-bond acceptors (Lipinski definition) is 7. The summed E-state index contributed by atoms with van der Waals surface area (Å²) in [6.07, 6.45) is 5.65. The van der Waals surface area contributed by atoms with Crippen LogP contribution in [0.25, 0.3) is 12.2 Å². The van der Waals surface area contributed by atoms with Crippen LogP contribution in [0.2, 0.25) is 0 Å². The summed E-state index contributed by atoms with van der Waals surface area (Å²) in [5.74, 6) is -1.46. The van der Waals surface area contributed by atoms with Crippen LogP contribution in [0.4, 0.5) is 0 Å². The van der Waals surface area contributed by atoms with Crippen LogP contribution in [0.1, 0.15) is 65.0 Å². The largest absolute Gasteiger partial charge is 0.458 e. The van der Waals surface area contributed by atoms with E-state index in [0.29, 0.717) is 12.8 Å². The van der Waals surface area contributed by atoms with Crippen molar-refractivity contribution in [3.05, 3.63) is 83.9 Å². The fraction of sp³-hybridized carbons (Fsp3) is 0.457. The van der Waals surface area contributed by atoms with Crippen LogP contribution in [-0.4, -0.2) is 47.4 Å². The van der Waals surface area contributed by atoms with Gasteiger partial charge >= 0.3 is 17.9 Å². The van der Waals surface area contributed by atoms with Gasteiger partial charge in [0.05, 0.1) is 16.6 Å². The molecule has 2 aromatic carbocycles. The minimum Gasteiger partial charge on any atom is -0.458 e. The number of fused-ring (bicyclic) bond motifs is 1. The number of hydrogen-bond donors (Lipinski definition) is 0. The Bertz CT molecular complexity index is 1360. The summed E-state index contributed by atoms with van der Waals surface area (Å²) < 4.78 is 25.2. The molecule has 42 heavy (non-hydrogen) atoms. The van der Waals surface area contributed by atoms with Crippen LogP contribution in [-0.2, 0) is 33.3 Å². The molecule has 0 amide bonds. The first-order valence-electron chi connectivity index (χ1n) is 14.7. The maximum Gasteiger partial charge on any atom is 0.331 e. The topological polar surface area (TPSA) is 88.1 Å². The van der Waals surface area contributed by atoms with Gasteiger partial charge in [-0.15, -0.1) is 0 Å². The molecule has 2 aliphatic carbocycles. The summed E-state index contributed by atoms with van der Waals surface area (Å²) in [4.78, 5) is 38.8. The minimum atomic E-state index is -0.981. The van der Waals surface area contributed by atoms with Crippen molar-refractivity contribution in [2.45, 2.75) is 83.4 Å². The van der Waals surface area contributed by atoms with E-state index in [1.54, 1.807) is 12.2 Å². The van der Waals surface area contributed by atoms with Gasteiger partial charge in [0.15, 0.2) is 6.10 Å². The molecule has 2 saturated carbocycles. The van der Waals surface area contributed by atoms with Gasteiger partial charge in [-0.25, -0.2) is 9.59 Å². The number of rotatable bonds is 7. The molecule has 7 heteroatoms. The second-order valence-electron chi connectivity index (χ2n) is 12.6. The molecule has 7 atom stereocenters. The number of carbonyl (C=O) groups excluding carboxylic acids is 3. The van der Waals surface area contributed by atoms with Crippen LogP contribution in [0.5, 0.6) is 0 Å². The first kappa shape index (κ1) is 29.8. The Morgan fingerprint density at radius 2 is 1.36 bits per heavy atom. The lowest BCUT2D eigenvalue weighted by atomic mass is 9.49. The first-order valence-corrected chi connectivity index (χ1v) is 14.7. The van der Waals surface area contributed by atoms with E-state index in [0.717, 1.165) is 17.5 Å². The van der Waals surface area contributed by atoms with Crippen LogP contribution >= 0.6 is 0 Å². The molecule has 7 nitrogen and oxygen atoms in total. The van der Waals surface area contributed by atoms with E-state index in [2.05, 4.69) is 20.8 Å². The van der Waals surface area contributed by atoms with Crippen molar-refractivity contribution in [2.75, 3.05) is 0 Å². The SMILES string of the molecule is CC(=O)O[C@H]1[C@@H](OC(=O)/C=C/c2ccccc2)C[C@@H](C)[C@@]23C[C@@H](C[C@H](OC(=O)/C=C/c4ccccc4)[C@]12C)C(C)(C)O3. The third-order valence-corrected chi connectivity index (χ3v) is 9.61. The fourth-order valence-electron chi connectivity index (χ4n) is 7.47. The lowest BCUT2D eigenvalue weighted by Crippen LogP contribution is -2.71. The summed E-state index contributed by atoms with van der Waals surface area (Å²) in [5, 5.41) is 0. The lowest BCUT2D eigenvalue weighted by molar-refractivity contribution is -0.284. The van der Waals surface area contributed by atoms with Gasteiger partial charge < -0.3 is 18.9 Å². The maximum absolute atomic E-state index is 13.2. The molecule has 5 rings (SSSR count). The van der Waals surface area contributed by atoms with Crippen LogP contribution in [0.15, 0.2) is 72.8 Å². The molecule has 2 aromatic rings. The average molecular weight is 573 g/mol. The third kappa shape index (κ3) is 5.54. The molecule has 222 valence electrons. The molecule has 3 fully saturated rings. The molecule has 1 aliphatic heterocycles. The van der Waals surface area contributed by atoms with Gasteiger partial charge in [-0.3, -0.25) is 4.79 Å². The average Bonchev–Trinajstić information content (AvgIpc) is 3.20. The van der Waals surface area contributed by atoms with Crippen LogP contribution in [0.3, 0.4) is 0 Å². The Balaban J connectivity index is 1.47. The van der Waals surface area contributed by atoms with Crippen molar-refractivity contribution >= 4 is 30.1 Å². The molecule has 1 saturated heterocycles. The van der Waals surface area contributed by atoms with Crippen molar-refractivity contribution in [3.63, 3.8) is 0 Å². The molecular weight excluding hydrogens is 532 g/mol. The Labute approximate surface area is 247 Å². The maximum atomic E-state index is 13.2. The second-order valence-corrected chi connectivity index (χ2v) is 12.6. The Morgan fingerprint density at radius 1 is 0.810 bits per heavy atom. The Kier molecular flexibility index (Phi) is 8.17. The molecular formula is C35H40O7. The Morgan fingerprint density at radius 3 is 1.90 bits per heavy atom. The summed E-state index contributed by atoms with van der Waals surface area (Å²) in [6.45, 7) is 9.53. The number of benzene rings is 2. The summed E-state index contributed by atoms with van der Waals surface area (Å²) in [5.41, 5.74) is -0.463. The van der Waals surface area contributed by atoms with E-state index >= 15 is 0 Å². The molecule has 0 radical (unpaired) electrons. The van der Waals surface area contributed by atoms with Crippen molar-refractivity contribution in [1.29, 1.82) is 0 Å². The van der Waals surface area contributed by atoms with Gasteiger partial charge in [0, 0.05) is 19.1 Å². The third-order valence-electron chi connectivity index (χ3n) is 9.61. The highest BCUT2D eigenvalue weighted by Crippen LogP contribution is 2.67. The van der Waals surface area contributed by atoms with Crippen molar-refractivity contribution in [2.24, 2.45) is 17.3 Å². The van der Waals surface area contributed by atoms with Crippen molar-refractivity contribution in [3.8, 4) is 0 Å². The van der Waals surface area contributed by atoms with Gasteiger partial charge in [-0.05, 0) is 75.1 Å². The number of esters is 3. The first-order chi connectivity index (χ1) is 19.9. The van der Waals surface area contributed by atoms with Crippen LogP contribution < -0.4 is 0 Å². The standard InChI is InChI=1S/C35H40O7/c1-23-20-28(40-30(37)18-16-25-12-8-6-9-13-25)32(39-24(2)36)34(5)29(21-27-22-35(23,34)42-33(27,3)4)41-31(38)19-17-26-14-10-7-11-15-26/h6-19,23,27-29,32H,20-22H2,1-5H3/b18-16+,19-17+/t23-,27-,28+,29+,32+,34-,35+/m1/s1.